The Morgan fingerprint density at radius 1 is 1.07 bits per heavy atom. The summed E-state index contributed by atoms with van der Waals surface area (Å²) in [6.45, 7) is 4.45. The number of rotatable bonds is 5. The minimum Gasteiger partial charge on any atom is -0.369 e. The first kappa shape index (κ1) is 22.2. The molecule has 7 heteroatoms. The highest BCUT2D eigenvalue weighted by atomic mass is 32.2. The van der Waals surface area contributed by atoms with Crippen molar-refractivity contribution in [3.05, 3.63) is 71.8 Å². The highest BCUT2D eigenvalue weighted by molar-refractivity contribution is 7.89. The lowest BCUT2D eigenvalue weighted by Gasteiger charge is -2.43. The van der Waals surface area contributed by atoms with Gasteiger partial charge in [-0.05, 0) is 43.2 Å². The molecule has 0 bridgehead atoms. The lowest BCUT2D eigenvalue weighted by atomic mass is 9.98. The van der Waals surface area contributed by atoms with E-state index in [1.54, 1.807) is 30.3 Å². The van der Waals surface area contributed by atoms with E-state index in [4.69, 9.17) is 4.74 Å². The van der Waals surface area contributed by atoms with E-state index in [-0.39, 0.29) is 29.0 Å². The van der Waals surface area contributed by atoms with E-state index in [1.807, 2.05) is 49.1 Å². The first-order chi connectivity index (χ1) is 14.2. The van der Waals surface area contributed by atoms with Crippen molar-refractivity contribution in [2.24, 2.45) is 0 Å². The van der Waals surface area contributed by atoms with Crippen molar-refractivity contribution in [3.8, 4) is 0 Å². The Hall–Kier alpha value is -2.48. The molecule has 0 aliphatic carbocycles. The van der Waals surface area contributed by atoms with Crippen LogP contribution >= 0.6 is 0 Å². The van der Waals surface area contributed by atoms with Gasteiger partial charge in [-0.25, -0.2) is 12.7 Å². The van der Waals surface area contributed by atoms with Gasteiger partial charge < -0.3 is 9.64 Å². The molecule has 1 amide bonds. The fraction of sp³-hybridized carbons (Fsp3) is 0.348. The molecule has 30 heavy (non-hydrogen) atoms. The summed E-state index contributed by atoms with van der Waals surface area (Å²) in [5, 5.41) is 0. The van der Waals surface area contributed by atoms with Crippen LogP contribution in [-0.4, -0.2) is 56.3 Å². The van der Waals surface area contributed by atoms with Gasteiger partial charge in [-0.3, -0.25) is 4.79 Å². The molecular weight excluding hydrogens is 400 g/mol. The fourth-order valence-electron chi connectivity index (χ4n) is 3.66. The summed E-state index contributed by atoms with van der Waals surface area (Å²) < 4.78 is 31.5. The van der Waals surface area contributed by atoms with Gasteiger partial charge in [0.15, 0.2) is 0 Å². The Morgan fingerprint density at radius 3 is 2.30 bits per heavy atom. The molecule has 0 spiro atoms. The second-order valence-electron chi connectivity index (χ2n) is 7.69. The second kappa shape index (κ2) is 9.12. The van der Waals surface area contributed by atoms with Gasteiger partial charge in [0.1, 0.15) is 6.10 Å². The number of morpholine rings is 1. The third-order valence-corrected chi connectivity index (χ3v) is 7.16. The lowest BCUT2D eigenvalue weighted by molar-refractivity contribution is -0.148. The summed E-state index contributed by atoms with van der Waals surface area (Å²) >= 11 is 0. The van der Waals surface area contributed by atoms with Crippen molar-refractivity contribution in [1.29, 1.82) is 0 Å². The van der Waals surface area contributed by atoms with Crippen LogP contribution in [0.4, 0.5) is 0 Å². The molecule has 1 aliphatic heterocycles. The number of hydrogen-bond acceptors (Lipinski definition) is 4. The molecule has 160 valence electrons. The van der Waals surface area contributed by atoms with Gasteiger partial charge in [0.25, 0.3) is 0 Å². The summed E-state index contributed by atoms with van der Waals surface area (Å²) in [4.78, 5) is 15.0. The molecule has 2 aromatic rings. The van der Waals surface area contributed by atoms with E-state index >= 15 is 0 Å². The topological polar surface area (TPSA) is 66.9 Å². The van der Waals surface area contributed by atoms with E-state index in [0.29, 0.717) is 6.61 Å². The predicted octanol–water partition coefficient (Wildman–Crippen LogP) is 3.33. The molecule has 3 atom stereocenters. The van der Waals surface area contributed by atoms with Crippen molar-refractivity contribution in [3.63, 3.8) is 0 Å². The molecule has 6 nitrogen and oxygen atoms in total. The van der Waals surface area contributed by atoms with Gasteiger partial charge >= 0.3 is 0 Å². The number of amides is 1. The summed E-state index contributed by atoms with van der Waals surface area (Å²) in [7, 11) is -0.479. The van der Waals surface area contributed by atoms with E-state index in [0.717, 1.165) is 11.1 Å². The Bertz CT molecular complexity index is 1000. The van der Waals surface area contributed by atoms with Crippen molar-refractivity contribution in [2.75, 3.05) is 20.7 Å². The van der Waals surface area contributed by atoms with E-state index < -0.39 is 10.0 Å². The van der Waals surface area contributed by atoms with E-state index in [9.17, 15) is 13.2 Å². The van der Waals surface area contributed by atoms with Gasteiger partial charge in [-0.2, -0.15) is 0 Å². The monoisotopic (exact) mass is 428 g/mol. The maximum absolute atomic E-state index is 13.0. The number of carbonyl (C=O) groups is 1. The van der Waals surface area contributed by atoms with E-state index in [2.05, 4.69) is 0 Å². The quantitative estimate of drug-likeness (QED) is 0.685. The zero-order valence-corrected chi connectivity index (χ0v) is 18.5. The second-order valence-corrected chi connectivity index (χ2v) is 9.84. The Balaban J connectivity index is 1.75. The summed E-state index contributed by atoms with van der Waals surface area (Å²) in [5.41, 5.74) is 1.81. The fourth-order valence-corrected chi connectivity index (χ4v) is 4.56. The molecule has 1 saturated heterocycles. The summed E-state index contributed by atoms with van der Waals surface area (Å²) in [5.74, 6) is -0.0933. The van der Waals surface area contributed by atoms with Crippen LogP contribution < -0.4 is 0 Å². The van der Waals surface area contributed by atoms with Crippen LogP contribution in [0.2, 0.25) is 0 Å². The van der Waals surface area contributed by atoms with Crippen molar-refractivity contribution in [1.82, 2.24) is 9.21 Å². The average Bonchev–Trinajstić information content (AvgIpc) is 2.73. The van der Waals surface area contributed by atoms with Crippen molar-refractivity contribution >= 4 is 22.0 Å². The third kappa shape index (κ3) is 4.64. The molecule has 0 aromatic heterocycles. The van der Waals surface area contributed by atoms with Gasteiger partial charge in [0, 0.05) is 20.2 Å². The molecule has 1 fully saturated rings. The molecular formula is C23H28N2O4S. The Morgan fingerprint density at radius 2 is 1.70 bits per heavy atom. The first-order valence-corrected chi connectivity index (χ1v) is 11.4. The van der Waals surface area contributed by atoms with Crippen LogP contribution in [0.15, 0.2) is 65.6 Å². The standard InChI is InChI=1S/C23H28N2O4S/c1-17-16-29-23(20-8-6-5-7-9-20)18(2)25(17)22(26)15-12-19-10-13-21(14-11-19)30(27,28)24(3)4/h5-15,17-18,23H,16H2,1-4H3/b15-12+. The van der Waals surface area contributed by atoms with Crippen LogP contribution in [0.3, 0.4) is 0 Å². The normalized spacial score (nSPS) is 22.6. The smallest absolute Gasteiger partial charge is 0.247 e. The van der Waals surface area contributed by atoms with Crippen molar-refractivity contribution in [2.45, 2.75) is 36.9 Å². The minimum atomic E-state index is -3.47. The maximum atomic E-state index is 13.0. The van der Waals surface area contributed by atoms with Crippen LogP contribution in [-0.2, 0) is 19.6 Å². The van der Waals surface area contributed by atoms with Gasteiger partial charge in [-0.15, -0.1) is 0 Å². The lowest BCUT2D eigenvalue weighted by Crippen LogP contribution is -2.53. The van der Waals surface area contributed by atoms with E-state index in [1.165, 1.54) is 24.5 Å². The highest BCUT2D eigenvalue weighted by Gasteiger charge is 2.36. The molecule has 0 radical (unpaired) electrons. The number of sulfonamides is 1. The number of hydrogen-bond donors (Lipinski definition) is 0. The molecule has 1 heterocycles. The predicted molar refractivity (Wildman–Crippen MR) is 117 cm³/mol. The molecule has 2 aromatic carbocycles. The van der Waals surface area contributed by atoms with Crippen molar-refractivity contribution < 1.29 is 17.9 Å². The van der Waals surface area contributed by atoms with Gasteiger partial charge in [0.2, 0.25) is 15.9 Å². The molecule has 3 rings (SSSR count). The minimum absolute atomic E-state index is 0.0373. The molecule has 3 unspecified atom stereocenters. The zero-order valence-electron chi connectivity index (χ0n) is 17.7. The number of ether oxygens (including phenoxy) is 1. The van der Waals surface area contributed by atoms with Crippen LogP contribution in [0, 0.1) is 0 Å². The highest BCUT2D eigenvalue weighted by Crippen LogP contribution is 2.31. The molecule has 1 aliphatic rings. The average molecular weight is 429 g/mol. The van der Waals surface area contributed by atoms with Crippen LogP contribution in [0.1, 0.15) is 31.1 Å². The van der Waals surface area contributed by atoms with Crippen LogP contribution in [0.5, 0.6) is 0 Å². The molecule has 0 N–H and O–H groups in total. The SMILES string of the molecule is CC1COC(c2ccccc2)C(C)N1C(=O)/C=C/c1ccc(S(=O)(=O)N(C)C)cc1. The first-order valence-electron chi connectivity index (χ1n) is 9.91. The van der Waals surface area contributed by atoms with Gasteiger partial charge in [0.05, 0.1) is 23.6 Å². The van der Waals surface area contributed by atoms with Crippen LogP contribution in [0.25, 0.3) is 6.08 Å². The summed E-state index contributed by atoms with van der Waals surface area (Å²) in [6.07, 6.45) is 3.08. The zero-order chi connectivity index (χ0) is 21.9. The third-order valence-electron chi connectivity index (χ3n) is 5.33. The largest absolute Gasteiger partial charge is 0.369 e. The number of nitrogens with zero attached hydrogens (tertiary/aromatic N) is 2. The number of benzene rings is 2. The number of carbonyl (C=O) groups excluding carboxylic acids is 1. The Labute approximate surface area is 178 Å². The van der Waals surface area contributed by atoms with Gasteiger partial charge in [-0.1, -0.05) is 42.5 Å². The maximum Gasteiger partial charge on any atom is 0.247 e. The Kier molecular flexibility index (Phi) is 6.75. The molecule has 0 saturated carbocycles. The summed E-state index contributed by atoms with van der Waals surface area (Å²) in [6, 6.07) is 16.3.